The van der Waals surface area contributed by atoms with Gasteiger partial charge in [0.05, 0.1) is 12.7 Å². The van der Waals surface area contributed by atoms with Crippen molar-refractivity contribution < 1.29 is 19.3 Å². The average Bonchev–Trinajstić information content (AvgIpc) is 2.72. The molecule has 8 heteroatoms. The lowest BCUT2D eigenvalue weighted by Gasteiger charge is -2.46. The van der Waals surface area contributed by atoms with Crippen LogP contribution in [0.15, 0.2) is 70.7 Å². The van der Waals surface area contributed by atoms with E-state index in [9.17, 15) is 5.11 Å². The number of aliphatic hydroxyl groups excluding tert-OH is 1. The maximum absolute atomic E-state index is 10.9. The van der Waals surface area contributed by atoms with Crippen molar-refractivity contribution in [2.24, 2.45) is 5.11 Å². The van der Waals surface area contributed by atoms with Crippen molar-refractivity contribution in [3.63, 3.8) is 0 Å². The van der Waals surface area contributed by atoms with Gasteiger partial charge < -0.3 is 19.3 Å². The van der Waals surface area contributed by atoms with Crippen molar-refractivity contribution in [2.75, 3.05) is 6.61 Å². The molecule has 2 fully saturated rings. The highest BCUT2D eigenvalue weighted by Crippen LogP contribution is 2.39. The van der Waals surface area contributed by atoms with E-state index in [1.807, 2.05) is 60.7 Å². The zero-order valence-electron chi connectivity index (χ0n) is 14.4. The maximum atomic E-state index is 10.9. The first-order valence-electron chi connectivity index (χ1n) is 8.68. The number of hydrogen-bond acceptors (Lipinski definition) is 6. The summed E-state index contributed by atoms with van der Waals surface area (Å²) in [5.74, 6) is 0. The fourth-order valence-electron chi connectivity index (χ4n) is 3.27. The van der Waals surface area contributed by atoms with Crippen molar-refractivity contribution in [3.05, 3.63) is 76.7 Å². The predicted molar refractivity (Wildman–Crippen MR) is 99.9 cm³/mol. The van der Waals surface area contributed by atoms with Gasteiger partial charge in [0.1, 0.15) is 23.7 Å². The van der Waals surface area contributed by atoms with E-state index in [1.165, 1.54) is 11.8 Å². The van der Waals surface area contributed by atoms with Crippen LogP contribution >= 0.6 is 11.8 Å². The summed E-state index contributed by atoms with van der Waals surface area (Å²) in [4.78, 5) is 3.87. The number of hydrogen-bond donors (Lipinski definition) is 1. The first kappa shape index (κ1) is 18.3. The zero-order chi connectivity index (χ0) is 18.6. The van der Waals surface area contributed by atoms with Gasteiger partial charge in [-0.25, -0.2) is 0 Å². The van der Waals surface area contributed by atoms with Gasteiger partial charge in [-0.15, -0.1) is 0 Å². The highest BCUT2D eigenvalue weighted by Gasteiger charge is 2.49. The summed E-state index contributed by atoms with van der Waals surface area (Å²) in [5, 5.41) is 14.7. The molecule has 6 atom stereocenters. The molecule has 1 unspecified atom stereocenters. The molecule has 0 aliphatic carbocycles. The van der Waals surface area contributed by atoms with Gasteiger partial charge in [-0.3, -0.25) is 0 Å². The summed E-state index contributed by atoms with van der Waals surface area (Å²) in [6, 6.07) is 18.4. The molecule has 2 aliphatic rings. The quantitative estimate of drug-likeness (QED) is 0.492. The second-order valence-corrected chi connectivity index (χ2v) is 7.51. The number of nitrogens with zero attached hydrogens (tertiary/aromatic N) is 3. The molecule has 140 valence electrons. The monoisotopic (exact) mass is 385 g/mol. The Morgan fingerprint density at radius 2 is 1.74 bits per heavy atom. The van der Waals surface area contributed by atoms with Gasteiger partial charge in [0.25, 0.3) is 0 Å². The van der Waals surface area contributed by atoms with E-state index >= 15 is 0 Å². The molecule has 7 nitrogen and oxygen atoms in total. The van der Waals surface area contributed by atoms with Crippen LogP contribution in [0.25, 0.3) is 10.4 Å². The number of azide groups is 1. The zero-order valence-corrected chi connectivity index (χ0v) is 15.2. The lowest BCUT2D eigenvalue weighted by Crippen LogP contribution is -2.60. The van der Waals surface area contributed by atoms with Gasteiger partial charge in [0, 0.05) is 15.4 Å². The van der Waals surface area contributed by atoms with Gasteiger partial charge in [-0.2, -0.15) is 0 Å². The van der Waals surface area contributed by atoms with E-state index in [2.05, 4.69) is 10.0 Å². The van der Waals surface area contributed by atoms with Crippen LogP contribution in [-0.4, -0.2) is 41.5 Å². The predicted octanol–water partition coefficient (Wildman–Crippen LogP) is 3.66. The lowest BCUT2D eigenvalue weighted by atomic mass is 9.97. The van der Waals surface area contributed by atoms with E-state index in [4.69, 9.17) is 19.7 Å². The Balaban J connectivity index is 1.53. The molecule has 0 aromatic heterocycles. The van der Waals surface area contributed by atoms with Gasteiger partial charge in [-0.1, -0.05) is 65.4 Å². The first-order valence-corrected chi connectivity index (χ1v) is 9.55. The van der Waals surface area contributed by atoms with Crippen molar-refractivity contribution in [3.8, 4) is 0 Å². The topological polar surface area (TPSA) is 96.7 Å². The highest BCUT2D eigenvalue weighted by molar-refractivity contribution is 7.99. The molecule has 4 rings (SSSR count). The molecule has 1 N–H and O–H groups in total. The molecule has 0 radical (unpaired) electrons. The van der Waals surface area contributed by atoms with Crippen LogP contribution in [0.1, 0.15) is 11.9 Å². The number of thioether (sulfide) groups is 1. The number of ether oxygens (including phenoxy) is 3. The Morgan fingerprint density at radius 3 is 2.44 bits per heavy atom. The Bertz CT molecular complexity index is 803. The van der Waals surface area contributed by atoms with Crippen molar-refractivity contribution in [1.82, 2.24) is 0 Å². The minimum absolute atomic E-state index is 0.288. The van der Waals surface area contributed by atoms with Crippen molar-refractivity contribution in [1.29, 1.82) is 0 Å². The molecular formula is C19H19N3O4S. The minimum atomic E-state index is -0.990. The van der Waals surface area contributed by atoms with Crippen LogP contribution in [0.2, 0.25) is 0 Å². The largest absolute Gasteiger partial charge is 0.390 e. The molecule has 2 aromatic rings. The molecule has 2 heterocycles. The second kappa shape index (κ2) is 8.31. The minimum Gasteiger partial charge on any atom is -0.390 e. The third-order valence-corrected chi connectivity index (χ3v) is 5.75. The SMILES string of the molecule is [N-]=[N+]=N[C@H]1C(Sc2ccccc2)O[C@@H]2CO[C@@H](c3ccccc3)O[C@H]2[C@@H]1O. The first-order chi connectivity index (χ1) is 13.3. The highest BCUT2D eigenvalue weighted by atomic mass is 32.2. The summed E-state index contributed by atoms with van der Waals surface area (Å²) < 4.78 is 17.9. The third kappa shape index (κ3) is 3.96. The standard InChI is InChI=1S/C19H19N3O4S/c20-22-21-15-16(23)17-14(25-19(15)27-13-9-5-2-6-10-13)11-24-18(26-17)12-7-3-1-4-8-12/h1-10,14-19,23H,11H2/t14-,15-,16-,17-,18-,19?/m1/s1. The van der Waals surface area contributed by atoms with Crippen LogP contribution in [0, 0.1) is 0 Å². The lowest BCUT2D eigenvalue weighted by molar-refractivity contribution is -0.305. The van der Waals surface area contributed by atoms with Gasteiger partial charge in [-0.05, 0) is 17.7 Å². The number of benzene rings is 2. The summed E-state index contributed by atoms with van der Waals surface area (Å²) in [6.07, 6.45) is -2.65. The number of fused-ring (bicyclic) bond motifs is 1. The number of aliphatic hydroxyl groups is 1. The van der Waals surface area contributed by atoms with Gasteiger partial charge in [0.15, 0.2) is 6.29 Å². The fourth-order valence-corrected chi connectivity index (χ4v) is 4.41. The third-order valence-electron chi connectivity index (χ3n) is 4.59. The molecule has 2 saturated heterocycles. The Hall–Kier alpha value is -2.06. The van der Waals surface area contributed by atoms with E-state index in [1.54, 1.807) is 0 Å². The maximum Gasteiger partial charge on any atom is 0.184 e. The van der Waals surface area contributed by atoms with Crippen molar-refractivity contribution in [2.45, 2.75) is 41.0 Å². The fraction of sp³-hybridized carbons (Fsp3) is 0.368. The van der Waals surface area contributed by atoms with E-state index in [0.29, 0.717) is 0 Å². The normalized spacial score (nSPS) is 32.9. The van der Waals surface area contributed by atoms with E-state index in [-0.39, 0.29) is 6.61 Å². The molecule has 0 saturated carbocycles. The molecular weight excluding hydrogens is 366 g/mol. The summed E-state index contributed by atoms with van der Waals surface area (Å²) in [7, 11) is 0. The summed E-state index contributed by atoms with van der Waals surface area (Å²) >= 11 is 1.41. The molecule has 27 heavy (non-hydrogen) atoms. The second-order valence-electron chi connectivity index (χ2n) is 6.34. The number of rotatable bonds is 4. The van der Waals surface area contributed by atoms with Gasteiger partial charge in [0.2, 0.25) is 0 Å². The van der Waals surface area contributed by atoms with E-state index < -0.39 is 36.1 Å². The molecule has 2 aromatic carbocycles. The molecule has 0 amide bonds. The van der Waals surface area contributed by atoms with Gasteiger partial charge >= 0.3 is 0 Å². The smallest absolute Gasteiger partial charge is 0.184 e. The van der Waals surface area contributed by atoms with Crippen LogP contribution in [-0.2, 0) is 14.2 Å². The molecule has 0 bridgehead atoms. The van der Waals surface area contributed by atoms with E-state index in [0.717, 1.165) is 10.5 Å². The van der Waals surface area contributed by atoms with Crippen LogP contribution < -0.4 is 0 Å². The van der Waals surface area contributed by atoms with Crippen LogP contribution in [0.5, 0.6) is 0 Å². The molecule has 2 aliphatic heterocycles. The summed E-state index contributed by atoms with van der Waals surface area (Å²) in [6.45, 7) is 0.288. The Kier molecular flexibility index (Phi) is 5.63. The molecule has 0 spiro atoms. The van der Waals surface area contributed by atoms with Crippen LogP contribution in [0.3, 0.4) is 0 Å². The average molecular weight is 385 g/mol. The Labute approximate surface area is 160 Å². The summed E-state index contributed by atoms with van der Waals surface area (Å²) in [5.41, 5.74) is 9.30. The Morgan fingerprint density at radius 1 is 1.04 bits per heavy atom. The van der Waals surface area contributed by atoms with Crippen LogP contribution in [0.4, 0.5) is 0 Å². The van der Waals surface area contributed by atoms with Crippen molar-refractivity contribution >= 4 is 11.8 Å².